The molecule has 2 saturated carbocycles. The summed E-state index contributed by atoms with van der Waals surface area (Å²) in [6.45, 7) is 2.08. The van der Waals surface area contributed by atoms with Gasteiger partial charge in [0.05, 0.1) is 0 Å². The Hall–Kier alpha value is -1.12. The molecule has 0 atom stereocenters. The fourth-order valence-corrected chi connectivity index (χ4v) is 3.74. The third-order valence-corrected chi connectivity index (χ3v) is 4.80. The molecule has 1 aromatic rings. The van der Waals surface area contributed by atoms with E-state index in [2.05, 4.69) is 11.5 Å². The summed E-state index contributed by atoms with van der Waals surface area (Å²) in [6, 6.07) is 2.18. The van der Waals surface area contributed by atoms with Gasteiger partial charge in [-0.1, -0.05) is 32.6 Å². The Labute approximate surface area is 115 Å². The molecule has 0 amide bonds. The van der Waals surface area contributed by atoms with Crippen LogP contribution in [0.15, 0.2) is 10.9 Å². The Morgan fingerprint density at radius 3 is 2.42 bits per heavy atom. The minimum absolute atomic E-state index is 0.195. The molecule has 3 rings (SSSR count). The van der Waals surface area contributed by atoms with E-state index in [1.165, 1.54) is 38.5 Å². The second-order valence-corrected chi connectivity index (χ2v) is 6.09. The summed E-state index contributed by atoms with van der Waals surface area (Å²) >= 11 is 0. The number of hydrogen-bond donors (Lipinski definition) is 0. The Morgan fingerprint density at radius 1 is 1.16 bits per heavy atom. The fraction of sp³-hybridized carbons (Fsp3) is 0.750. The van der Waals surface area contributed by atoms with Crippen LogP contribution >= 0.6 is 0 Å². The molecule has 3 nitrogen and oxygen atoms in total. The number of rotatable bonds is 3. The average Bonchev–Trinajstić information content (AvgIpc) is 3.10. The van der Waals surface area contributed by atoms with Gasteiger partial charge in [-0.05, 0) is 32.1 Å². The minimum atomic E-state index is 0.195. The third kappa shape index (κ3) is 2.47. The van der Waals surface area contributed by atoms with Gasteiger partial charge in [0.1, 0.15) is 5.82 Å². The highest BCUT2D eigenvalue weighted by Crippen LogP contribution is 2.36. The lowest BCUT2D eigenvalue weighted by Crippen LogP contribution is -2.29. The number of aromatic nitrogens is 2. The standard InChI is InChI=1S/C16H24N2O/c1-2-13-11-15(19)18(14-9-5-6-10-14)16(17-13)12-7-3-4-8-12/h11-12,14H,2-10H2,1H3. The van der Waals surface area contributed by atoms with Crippen LogP contribution in [0.1, 0.15) is 81.8 Å². The van der Waals surface area contributed by atoms with E-state index in [9.17, 15) is 4.79 Å². The normalized spacial score (nSPS) is 21.3. The molecule has 3 heteroatoms. The van der Waals surface area contributed by atoms with Gasteiger partial charge >= 0.3 is 0 Å². The maximum absolute atomic E-state index is 12.5. The van der Waals surface area contributed by atoms with E-state index in [0.717, 1.165) is 30.8 Å². The number of nitrogens with zero attached hydrogens (tertiary/aromatic N) is 2. The molecular weight excluding hydrogens is 236 g/mol. The Kier molecular flexibility index (Phi) is 3.72. The van der Waals surface area contributed by atoms with E-state index in [0.29, 0.717) is 12.0 Å². The predicted molar refractivity (Wildman–Crippen MR) is 76.6 cm³/mol. The zero-order chi connectivity index (χ0) is 13.2. The molecule has 1 heterocycles. The molecule has 0 unspecified atom stereocenters. The van der Waals surface area contributed by atoms with Crippen LogP contribution < -0.4 is 5.56 Å². The molecule has 0 N–H and O–H groups in total. The Morgan fingerprint density at radius 2 is 1.79 bits per heavy atom. The van der Waals surface area contributed by atoms with Crippen molar-refractivity contribution in [3.05, 3.63) is 27.9 Å². The summed E-state index contributed by atoms with van der Waals surface area (Å²) in [5.41, 5.74) is 1.17. The minimum Gasteiger partial charge on any atom is -0.293 e. The quantitative estimate of drug-likeness (QED) is 0.832. The van der Waals surface area contributed by atoms with Crippen molar-refractivity contribution in [2.45, 2.75) is 76.7 Å². The molecule has 2 aliphatic rings. The molecule has 0 radical (unpaired) electrons. The van der Waals surface area contributed by atoms with E-state index in [1.54, 1.807) is 6.07 Å². The summed E-state index contributed by atoms with van der Waals surface area (Å²) in [4.78, 5) is 17.3. The molecule has 2 aliphatic carbocycles. The zero-order valence-corrected chi connectivity index (χ0v) is 11.9. The molecular formula is C16H24N2O. The topological polar surface area (TPSA) is 34.9 Å². The van der Waals surface area contributed by atoms with Crippen molar-refractivity contribution in [3.8, 4) is 0 Å². The van der Waals surface area contributed by atoms with E-state index < -0.39 is 0 Å². The molecule has 0 aromatic carbocycles. The van der Waals surface area contributed by atoms with Crippen molar-refractivity contribution in [3.63, 3.8) is 0 Å². The van der Waals surface area contributed by atoms with Gasteiger partial charge in [-0.2, -0.15) is 0 Å². The van der Waals surface area contributed by atoms with E-state index in [-0.39, 0.29) is 5.56 Å². The van der Waals surface area contributed by atoms with Crippen LogP contribution in [0, 0.1) is 0 Å². The second-order valence-electron chi connectivity index (χ2n) is 6.09. The summed E-state index contributed by atoms with van der Waals surface area (Å²) in [6.07, 6.45) is 10.7. The maximum Gasteiger partial charge on any atom is 0.253 e. The molecule has 0 aliphatic heterocycles. The lowest BCUT2D eigenvalue weighted by atomic mass is 10.1. The van der Waals surface area contributed by atoms with Gasteiger partial charge in [0.2, 0.25) is 0 Å². The van der Waals surface area contributed by atoms with Gasteiger partial charge in [0, 0.05) is 23.7 Å². The SMILES string of the molecule is CCc1cc(=O)n(C2CCCC2)c(C2CCCC2)n1. The lowest BCUT2D eigenvalue weighted by molar-refractivity contribution is 0.447. The number of aryl methyl sites for hydroxylation is 1. The first-order valence-corrected chi connectivity index (χ1v) is 7.92. The van der Waals surface area contributed by atoms with Crippen molar-refractivity contribution < 1.29 is 0 Å². The van der Waals surface area contributed by atoms with Crippen LogP contribution in [0.4, 0.5) is 0 Å². The second kappa shape index (κ2) is 5.48. The van der Waals surface area contributed by atoms with Gasteiger partial charge in [-0.3, -0.25) is 9.36 Å². The molecule has 2 fully saturated rings. The van der Waals surface area contributed by atoms with Crippen LogP contribution in [0.3, 0.4) is 0 Å². The average molecular weight is 260 g/mol. The largest absolute Gasteiger partial charge is 0.293 e. The van der Waals surface area contributed by atoms with Gasteiger partial charge < -0.3 is 0 Å². The predicted octanol–water partition coefficient (Wildman–Crippen LogP) is 3.58. The van der Waals surface area contributed by atoms with Crippen molar-refractivity contribution in [2.75, 3.05) is 0 Å². The smallest absolute Gasteiger partial charge is 0.253 e. The van der Waals surface area contributed by atoms with Gasteiger partial charge in [-0.25, -0.2) is 4.98 Å². The van der Waals surface area contributed by atoms with Crippen molar-refractivity contribution >= 4 is 0 Å². The van der Waals surface area contributed by atoms with Gasteiger partial charge in [0.15, 0.2) is 0 Å². The van der Waals surface area contributed by atoms with Crippen LogP contribution in [0.25, 0.3) is 0 Å². The van der Waals surface area contributed by atoms with Crippen LogP contribution in [-0.4, -0.2) is 9.55 Å². The van der Waals surface area contributed by atoms with E-state index >= 15 is 0 Å². The molecule has 0 spiro atoms. The Bertz CT molecular complexity index is 494. The van der Waals surface area contributed by atoms with Crippen molar-refractivity contribution in [1.29, 1.82) is 0 Å². The molecule has 0 saturated heterocycles. The third-order valence-electron chi connectivity index (χ3n) is 4.80. The van der Waals surface area contributed by atoms with Crippen LogP contribution in [0.5, 0.6) is 0 Å². The van der Waals surface area contributed by atoms with E-state index in [1.807, 2.05) is 0 Å². The summed E-state index contributed by atoms with van der Waals surface area (Å²) in [5, 5.41) is 0. The summed E-state index contributed by atoms with van der Waals surface area (Å²) < 4.78 is 2.06. The lowest BCUT2D eigenvalue weighted by Gasteiger charge is -2.22. The molecule has 19 heavy (non-hydrogen) atoms. The zero-order valence-electron chi connectivity index (χ0n) is 11.9. The highest BCUT2D eigenvalue weighted by molar-refractivity contribution is 5.11. The van der Waals surface area contributed by atoms with Crippen molar-refractivity contribution in [1.82, 2.24) is 9.55 Å². The summed E-state index contributed by atoms with van der Waals surface area (Å²) in [7, 11) is 0. The Balaban J connectivity index is 2.06. The van der Waals surface area contributed by atoms with Gasteiger partial charge in [-0.15, -0.1) is 0 Å². The molecule has 1 aromatic heterocycles. The number of hydrogen-bond acceptors (Lipinski definition) is 2. The maximum atomic E-state index is 12.5. The monoisotopic (exact) mass is 260 g/mol. The first-order valence-electron chi connectivity index (χ1n) is 7.92. The molecule has 0 bridgehead atoms. The van der Waals surface area contributed by atoms with Gasteiger partial charge in [0.25, 0.3) is 5.56 Å². The van der Waals surface area contributed by atoms with E-state index in [4.69, 9.17) is 4.98 Å². The van der Waals surface area contributed by atoms with Crippen molar-refractivity contribution in [2.24, 2.45) is 0 Å². The van der Waals surface area contributed by atoms with Crippen LogP contribution in [-0.2, 0) is 6.42 Å². The fourth-order valence-electron chi connectivity index (χ4n) is 3.74. The molecule has 104 valence electrons. The first kappa shape index (κ1) is 12.9. The van der Waals surface area contributed by atoms with Crippen LogP contribution in [0.2, 0.25) is 0 Å². The highest BCUT2D eigenvalue weighted by atomic mass is 16.1. The summed E-state index contributed by atoms with van der Waals surface area (Å²) in [5.74, 6) is 1.63. The first-order chi connectivity index (χ1) is 9.29. The highest BCUT2D eigenvalue weighted by Gasteiger charge is 2.27.